The first-order valence-electron chi connectivity index (χ1n) is 5.87. The smallest absolute Gasteiger partial charge is 0.0840 e. The van der Waals surface area contributed by atoms with Crippen molar-refractivity contribution in [2.75, 3.05) is 0 Å². The normalized spacial score (nSPS) is 11.5. The molecular weight excluding hydrogens is 208 g/mol. The lowest BCUT2D eigenvalue weighted by molar-refractivity contribution is 0.0786. The molecule has 0 saturated heterocycles. The number of hydrogen-bond donors (Lipinski definition) is 1. The van der Waals surface area contributed by atoms with Crippen molar-refractivity contribution in [2.24, 2.45) is 0 Å². The lowest BCUT2D eigenvalue weighted by atomic mass is 9.93. The van der Waals surface area contributed by atoms with Crippen LogP contribution in [0.1, 0.15) is 25.0 Å². The highest BCUT2D eigenvalue weighted by Crippen LogP contribution is 2.27. The molecule has 0 heterocycles. The van der Waals surface area contributed by atoms with Gasteiger partial charge in [0, 0.05) is 0 Å². The van der Waals surface area contributed by atoms with Crippen molar-refractivity contribution in [3.8, 4) is 11.1 Å². The van der Waals surface area contributed by atoms with Gasteiger partial charge in [-0.1, -0.05) is 42.5 Å². The van der Waals surface area contributed by atoms with Gasteiger partial charge in [-0.2, -0.15) is 0 Å². The number of rotatable bonds is 2. The number of aliphatic hydroxyl groups is 1. The second kappa shape index (κ2) is 4.34. The molecule has 0 amide bonds. The first kappa shape index (κ1) is 11.9. The van der Waals surface area contributed by atoms with E-state index in [2.05, 4.69) is 31.2 Å². The van der Waals surface area contributed by atoms with E-state index in [1.54, 1.807) is 0 Å². The van der Waals surface area contributed by atoms with Gasteiger partial charge in [0.2, 0.25) is 0 Å². The molecule has 0 spiro atoms. The lowest BCUT2D eigenvalue weighted by Gasteiger charge is -2.19. The summed E-state index contributed by atoms with van der Waals surface area (Å²) in [5, 5.41) is 10.0. The SMILES string of the molecule is Cc1ccccc1-c1cccc(C(C)(C)O)c1. The fourth-order valence-electron chi connectivity index (χ4n) is 1.96. The number of hydrogen-bond acceptors (Lipinski definition) is 1. The Labute approximate surface area is 103 Å². The van der Waals surface area contributed by atoms with Gasteiger partial charge in [0.05, 0.1) is 5.60 Å². The molecule has 2 rings (SSSR count). The van der Waals surface area contributed by atoms with E-state index in [4.69, 9.17) is 0 Å². The fourth-order valence-corrected chi connectivity index (χ4v) is 1.96. The van der Waals surface area contributed by atoms with Crippen molar-refractivity contribution in [2.45, 2.75) is 26.4 Å². The Hall–Kier alpha value is -1.60. The van der Waals surface area contributed by atoms with Crippen LogP contribution in [0.3, 0.4) is 0 Å². The zero-order valence-electron chi connectivity index (χ0n) is 10.6. The third-order valence-corrected chi connectivity index (χ3v) is 3.03. The number of benzene rings is 2. The van der Waals surface area contributed by atoms with Crippen molar-refractivity contribution in [1.82, 2.24) is 0 Å². The predicted octanol–water partition coefficient (Wildman–Crippen LogP) is 3.89. The minimum atomic E-state index is -0.793. The molecule has 0 aliphatic carbocycles. The molecule has 0 aliphatic rings. The Morgan fingerprint density at radius 1 is 0.941 bits per heavy atom. The summed E-state index contributed by atoms with van der Waals surface area (Å²) in [4.78, 5) is 0. The summed E-state index contributed by atoms with van der Waals surface area (Å²) in [6, 6.07) is 16.4. The summed E-state index contributed by atoms with van der Waals surface area (Å²) >= 11 is 0. The highest BCUT2D eigenvalue weighted by atomic mass is 16.3. The van der Waals surface area contributed by atoms with Gasteiger partial charge < -0.3 is 5.11 Å². The van der Waals surface area contributed by atoms with Gasteiger partial charge in [-0.15, -0.1) is 0 Å². The monoisotopic (exact) mass is 226 g/mol. The van der Waals surface area contributed by atoms with E-state index in [9.17, 15) is 5.11 Å². The molecule has 88 valence electrons. The van der Waals surface area contributed by atoms with E-state index in [-0.39, 0.29) is 0 Å². The van der Waals surface area contributed by atoms with Crippen LogP contribution in [-0.4, -0.2) is 5.11 Å². The van der Waals surface area contributed by atoms with Gasteiger partial charge >= 0.3 is 0 Å². The van der Waals surface area contributed by atoms with Gasteiger partial charge in [0.25, 0.3) is 0 Å². The van der Waals surface area contributed by atoms with Crippen LogP contribution in [0.25, 0.3) is 11.1 Å². The molecule has 0 saturated carbocycles. The minimum Gasteiger partial charge on any atom is -0.386 e. The number of aryl methyl sites for hydroxylation is 1. The molecule has 0 unspecified atom stereocenters. The first-order valence-corrected chi connectivity index (χ1v) is 5.87. The van der Waals surface area contributed by atoms with E-state index < -0.39 is 5.60 Å². The summed E-state index contributed by atoms with van der Waals surface area (Å²) < 4.78 is 0. The zero-order chi connectivity index (χ0) is 12.5. The van der Waals surface area contributed by atoms with Crippen LogP contribution in [0.5, 0.6) is 0 Å². The molecule has 1 heteroatoms. The van der Waals surface area contributed by atoms with Crippen LogP contribution < -0.4 is 0 Å². The molecule has 0 aliphatic heterocycles. The van der Waals surface area contributed by atoms with Crippen LogP contribution in [0, 0.1) is 6.92 Å². The Morgan fingerprint density at radius 2 is 1.65 bits per heavy atom. The summed E-state index contributed by atoms with van der Waals surface area (Å²) in [7, 11) is 0. The lowest BCUT2D eigenvalue weighted by Crippen LogP contribution is -2.15. The molecule has 2 aromatic rings. The fraction of sp³-hybridized carbons (Fsp3) is 0.250. The zero-order valence-corrected chi connectivity index (χ0v) is 10.6. The van der Waals surface area contributed by atoms with E-state index in [1.807, 2.05) is 38.1 Å². The van der Waals surface area contributed by atoms with E-state index in [1.165, 1.54) is 11.1 Å². The average Bonchev–Trinajstić information content (AvgIpc) is 2.29. The second-order valence-corrected chi connectivity index (χ2v) is 4.95. The van der Waals surface area contributed by atoms with E-state index in [0.29, 0.717) is 0 Å². The van der Waals surface area contributed by atoms with Crippen molar-refractivity contribution < 1.29 is 5.11 Å². The highest BCUT2D eigenvalue weighted by Gasteiger charge is 2.16. The van der Waals surface area contributed by atoms with Gasteiger partial charge in [-0.3, -0.25) is 0 Å². The van der Waals surface area contributed by atoms with Gasteiger partial charge in [-0.05, 0) is 49.1 Å². The summed E-state index contributed by atoms with van der Waals surface area (Å²) in [6.07, 6.45) is 0. The molecule has 2 aromatic carbocycles. The quantitative estimate of drug-likeness (QED) is 0.823. The minimum absolute atomic E-state index is 0.793. The Bertz CT molecular complexity index is 521. The van der Waals surface area contributed by atoms with Crippen molar-refractivity contribution >= 4 is 0 Å². The average molecular weight is 226 g/mol. The maximum atomic E-state index is 10.0. The third kappa shape index (κ3) is 2.56. The Balaban J connectivity index is 2.51. The molecule has 0 aromatic heterocycles. The van der Waals surface area contributed by atoms with Gasteiger partial charge in [-0.25, -0.2) is 0 Å². The van der Waals surface area contributed by atoms with E-state index >= 15 is 0 Å². The molecule has 0 atom stereocenters. The maximum Gasteiger partial charge on any atom is 0.0840 e. The maximum absolute atomic E-state index is 10.0. The summed E-state index contributed by atoms with van der Waals surface area (Å²) in [5.74, 6) is 0. The third-order valence-electron chi connectivity index (χ3n) is 3.03. The molecule has 17 heavy (non-hydrogen) atoms. The van der Waals surface area contributed by atoms with Crippen LogP contribution in [-0.2, 0) is 5.60 Å². The van der Waals surface area contributed by atoms with E-state index in [0.717, 1.165) is 11.1 Å². The predicted molar refractivity (Wildman–Crippen MR) is 71.9 cm³/mol. The highest BCUT2D eigenvalue weighted by molar-refractivity contribution is 5.67. The molecule has 0 radical (unpaired) electrons. The van der Waals surface area contributed by atoms with Crippen LogP contribution in [0.2, 0.25) is 0 Å². The molecule has 1 nitrogen and oxygen atoms in total. The standard InChI is InChI=1S/C16H18O/c1-12-7-4-5-10-15(12)13-8-6-9-14(11-13)16(2,3)17/h4-11,17H,1-3H3. The van der Waals surface area contributed by atoms with Crippen molar-refractivity contribution in [3.05, 3.63) is 59.7 Å². The van der Waals surface area contributed by atoms with Crippen LogP contribution in [0.4, 0.5) is 0 Å². The van der Waals surface area contributed by atoms with Gasteiger partial charge in [0.1, 0.15) is 0 Å². The summed E-state index contributed by atoms with van der Waals surface area (Å²) in [5.41, 5.74) is 3.78. The molecule has 0 bridgehead atoms. The van der Waals surface area contributed by atoms with Gasteiger partial charge in [0.15, 0.2) is 0 Å². The van der Waals surface area contributed by atoms with Crippen molar-refractivity contribution in [1.29, 1.82) is 0 Å². The van der Waals surface area contributed by atoms with Crippen LogP contribution in [0.15, 0.2) is 48.5 Å². The van der Waals surface area contributed by atoms with Crippen LogP contribution >= 0.6 is 0 Å². The van der Waals surface area contributed by atoms with Crippen molar-refractivity contribution in [3.63, 3.8) is 0 Å². The second-order valence-electron chi connectivity index (χ2n) is 4.95. The first-order chi connectivity index (χ1) is 7.98. The Kier molecular flexibility index (Phi) is 3.03. The molecular formula is C16H18O. The molecule has 1 N–H and O–H groups in total. The topological polar surface area (TPSA) is 20.2 Å². The molecule has 0 fully saturated rings. The Morgan fingerprint density at radius 3 is 2.29 bits per heavy atom. The summed E-state index contributed by atoms with van der Waals surface area (Å²) in [6.45, 7) is 5.72. The largest absolute Gasteiger partial charge is 0.386 e.